The molecule has 0 fully saturated rings. The van der Waals surface area contributed by atoms with Gasteiger partial charge in [0.2, 0.25) is 0 Å². The molecule has 0 radical (unpaired) electrons. The highest BCUT2D eigenvalue weighted by molar-refractivity contribution is 6.04. The number of rotatable bonds is 5. The van der Waals surface area contributed by atoms with Gasteiger partial charge in [-0.1, -0.05) is 0 Å². The van der Waals surface area contributed by atoms with Gasteiger partial charge in [0, 0.05) is 12.1 Å². The minimum absolute atomic E-state index is 0.0486. The van der Waals surface area contributed by atoms with Crippen molar-refractivity contribution in [2.45, 2.75) is 27.0 Å². The van der Waals surface area contributed by atoms with Crippen LogP contribution in [0.3, 0.4) is 0 Å². The van der Waals surface area contributed by atoms with E-state index >= 15 is 0 Å². The molecule has 0 aliphatic rings. The van der Waals surface area contributed by atoms with Gasteiger partial charge in [0.05, 0.1) is 29.4 Å². The Hall–Kier alpha value is -3.03. The van der Waals surface area contributed by atoms with Crippen molar-refractivity contribution in [3.05, 3.63) is 41.6 Å². The lowest BCUT2D eigenvalue weighted by molar-refractivity contribution is -0.0498. The van der Waals surface area contributed by atoms with Crippen molar-refractivity contribution in [2.24, 2.45) is 0 Å². The second-order valence-electron chi connectivity index (χ2n) is 5.55. The zero-order valence-electron chi connectivity index (χ0n) is 14.5. The molecule has 0 amide bonds. The van der Waals surface area contributed by atoms with Gasteiger partial charge in [0.1, 0.15) is 5.75 Å². The first-order valence-corrected chi connectivity index (χ1v) is 7.96. The number of nitrogens with zero attached hydrogens (tertiary/aromatic N) is 3. The Bertz CT molecular complexity index is 952. The van der Waals surface area contributed by atoms with Crippen LogP contribution in [0.2, 0.25) is 0 Å². The maximum Gasteiger partial charge on any atom is 0.387 e. The van der Waals surface area contributed by atoms with Crippen molar-refractivity contribution < 1.29 is 23.0 Å². The molecule has 0 saturated heterocycles. The number of aromatic nitrogens is 3. The highest BCUT2D eigenvalue weighted by Gasteiger charge is 2.20. The van der Waals surface area contributed by atoms with E-state index in [2.05, 4.69) is 14.8 Å². The van der Waals surface area contributed by atoms with Crippen LogP contribution in [0.5, 0.6) is 5.75 Å². The quantitative estimate of drug-likeness (QED) is 0.647. The van der Waals surface area contributed by atoms with Crippen LogP contribution in [-0.2, 0) is 11.3 Å². The Morgan fingerprint density at radius 3 is 2.54 bits per heavy atom. The second kappa shape index (κ2) is 7.07. The molecule has 0 spiro atoms. The lowest BCUT2D eigenvalue weighted by Crippen LogP contribution is -2.05. The topological polar surface area (TPSA) is 66.2 Å². The summed E-state index contributed by atoms with van der Waals surface area (Å²) in [5, 5.41) is 5.05. The number of aryl methyl sites for hydroxylation is 2. The molecule has 3 rings (SSSR count). The lowest BCUT2D eigenvalue weighted by atomic mass is 10.1. The molecular weight excluding hydrogens is 344 g/mol. The van der Waals surface area contributed by atoms with Crippen LogP contribution < -0.4 is 4.74 Å². The lowest BCUT2D eigenvalue weighted by Gasteiger charge is -2.09. The van der Waals surface area contributed by atoms with Crippen LogP contribution in [0.25, 0.3) is 22.3 Å². The van der Waals surface area contributed by atoms with E-state index in [9.17, 15) is 13.6 Å². The number of esters is 1. The molecule has 0 N–H and O–H groups in total. The van der Waals surface area contributed by atoms with Crippen LogP contribution in [0.15, 0.2) is 30.3 Å². The number of methoxy groups -OCH3 is 1. The number of ether oxygens (including phenoxy) is 2. The number of halogens is 2. The summed E-state index contributed by atoms with van der Waals surface area (Å²) < 4.78 is 35.5. The van der Waals surface area contributed by atoms with Crippen molar-refractivity contribution in [3.63, 3.8) is 0 Å². The van der Waals surface area contributed by atoms with Crippen molar-refractivity contribution in [2.75, 3.05) is 7.11 Å². The predicted molar refractivity (Wildman–Crippen MR) is 91.3 cm³/mol. The van der Waals surface area contributed by atoms with Crippen molar-refractivity contribution in [1.82, 2.24) is 14.8 Å². The maximum atomic E-state index is 12.3. The van der Waals surface area contributed by atoms with E-state index in [1.807, 2.05) is 6.92 Å². The van der Waals surface area contributed by atoms with E-state index < -0.39 is 12.6 Å². The van der Waals surface area contributed by atoms with Gasteiger partial charge in [-0.05, 0) is 44.2 Å². The summed E-state index contributed by atoms with van der Waals surface area (Å²) in [4.78, 5) is 16.9. The monoisotopic (exact) mass is 361 g/mol. The number of pyridine rings is 1. The molecule has 0 aliphatic carbocycles. The first kappa shape index (κ1) is 17.8. The summed E-state index contributed by atoms with van der Waals surface area (Å²) in [6, 6.07) is 7.67. The van der Waals surface area contributed by atoms with Crippen LogP contribution in [-0.4, -0.2) is 34.5 Å². The third-order valence-corrected chi connectivity index (χ3v) is 3.96. The van der Waals surface area contributed by atoms with Crippen LogP contribution in [0.1, 0.15) is 23.0 Å². The summed E-state index contributed by atoms with van der Waals surface area (Å²) in [5.41, 5.74) is 2.77. The highest BCUT2D eigenvalue weighted by Crippen LogP contribution is 2.29. The van der Waals surface area contributed by atoms with Gasteiger partial charge in [-0.15, -0.1) is 0 Å². The SMILES string of the molecule is CCn1nc(C)c2c(C(=O)OC)cc(-c3ccc(OC(F)F)cc3)nc21. The number of benzene rings is 1. The Morgan fingerprint density at radius 2 is 1.96 bits per heavy atom. The molecule has 2 heterocycles. The molecule has 3 aromatic rings. The molecule has 0 atom stereocenters. The highest BCUT2D eigenvalue weighted by atomic mass is 19.3. The normalized spacial score (nSPS) is 11.2. The molecule has 0 bridgehead atoms. The Balaban J connectivity index is 2.15. The van der Waals surface area contributed by atoms with E-state index in [0.29, 0.717) is 40.1 Å². The molecule has 6 nitrogen and oxygen atoms in total. The summed E-state index contributed by atoms with van der Waals surface area (Å²) in [7, 11) is 1.31. The second-order valence-corrected chi connectivity index (χ2v) is 5.55. The summed E-state index contributed by atoms with van der Waals surface area (Å²) in [6.45, 7) is 1.43. The van der Waals surface area contributed by atoms with Crippen molar-refractivity contribution in [3.8, 4) is 17.0 Å². The average molecular weight is 361 g/mol. The average Bonchev–Trinajstić information content (AvgIpc) is 2.96. The van der Waals surface area contributed by atoms with Gasteiger partial charge in [-0.25, -0.2) is 14.5 Å². The van der Waals surface area contributed by atoms with Crippen LogP contribution in [0.4, 0.5) is 8.78 Å². The van der Waals surface area contributed by atoms with Gasteiger partial charge in [-0.3, -0.25) is 0 Å². The van der Waals surface area contributed by atoms with Gasteiger partial charge in [0.15, 0.2) is 5.65 Å². The Morgan fingerprint density at radius 1 is 1.27 bits per heavy atom. The Labute approximate surface area is 148 Å². The molecule has 8 heteroatoms. The smallest absolute Gasteiger partial charge is 0.387 e. The number of carbonyl (C=O) groups is 1. The number of hydrogen-bond acceptors (Lipinski definition) is 5. The number of carbonyl (C=O) groups excluding carboxylic acids is 1. The van der Waals surface area contributed by atoms with Gasteiger partial charge < -0.3 is 9.47 Å². The van der Waals surface area contributed by atoms with E-state index in [0.717, 1.165) is 0 Å². The predicted octanol–water partition coefficient (Wildman–Crippen LogP) is 3.81. The molecule has 2 aromatic heterocycles. The fraction of sp³-hybridized carbons (Fsp3) is 0.278. The van der Waals surface area contributed by atoms with Crippen molar-refractivity contribution in [1.29, 1.82) is 0 Å². The van der Waals surface area contributed by atoms with Gasteiger partial charge in [0.25, 0.3) is 0 Å². The third kappa shape index (κ3) is 3.22. The minimum Gasteiger partial charge on any atom is -0.465 e. The third-order valence-electron chi connectivity index (χ3n) is 3.96. The molecule has 0 unspecified atom stereocenters. The first-order chi connectivity index (χ1) is 12.4. The molecule has 0 saturated carbocycles. The van der Waals surface area contributed by atoms with E-state index in [-0.39, 0.29) is 5.75 Å². The van der Waals surface area contributed by atoms with Crippen LogP contribution in [0, 0.1) is 6.92 Å². The van der Waals surface area contributed by atoms with Crippen LogP contribution >= 0.6 is 0 Å². The fourth-order valence-corrected chi connectivity index (χ4v) is 2.80. The maximum absolute atomic E-state index is 12.3. The fourth-order valence-electron chi connectivity index (χ4n) is 2.80. The van der Waals surface area contributed by atoms with Gasteiger partial charge in [-0.2, -0.15) is 13.9 Å². The van der Waals surface area contributed by atoms with Crippen molar-refractivity contribution >= 4 is 17.0 Å². The number of fused-ring (bicyclic) bond motifs is 1. The molecular formula is C18H17F2N3O3. The molecule has 136 valence electrons. The van der Waals surface area contributed by atoms with E-state index in [1.54, 1.807) is 29.8 Å². The minimum atomic E-state index is -2.89. The number of hydrogen-bond donors (Lipinski definition) is 0. The summed E-state index contributed by atoms with van der Waals surface area (Å²) in [6.07, 6.45) is 0. The zero-order valence-corrected chi connectivity index (χ0v) is 14.5. The molecule has 1 aromatic carbocycles. The molecule has 0 aliphatic heterocycles. The van der Waals surface area contributed by atoms with E-state index in [4.69, 9.17) is 4.74 Å². The standard InChI is InChI=1S/C18H17F2N3O3/c1-4-23-16-15(10(2)22-23)13(17(24)25-3)9-14(21-16)11-5-7-12(8-6-11)26-18(19)20/h5-9,18H,4H2,1-3H3. The zero-order chi connectivity index (χ0) is 18.8. The number of alkyl halides is 2. The largest absolute Gasteiger partial charge is 0.465 e. The summed E-state index contributed by atoms with van der Waals surface area (Å²) >= 11 is 0. The van der Waals surface area contributed by atoms with E-state index in [1.165, 1.54) is 19.2 Å². The molecule has 26 heavy (non-hydrogen) atoms. The summed E-state index contributed by atoms with van der Waals surface area (Å²) in [5.74, 6) is -0.442. The Kier molecular flexibility index (Phi) is 4.83. The first-order valence-electron chi connectivity index (χ1n) is 7.96. The van der Waals surface area contributed by atoms with Gasteiger partial charge >= 0.3 is 12.6 Å².